The summed E-state index contributed by atoms with van der Waals surface area (Å²) in [7, 11) is 0. The van der Waals surface area contributed by atoms with Gasteiger partial charge < -0.3 is 9.72 Å². The van der Waals surface area contributed by atoms with Gasteiger partial charge in [-0.3, -0.25) is 4.79 Å². The Balaban J connectivity index is 1.36. The number of para-hydroxylation sites is 1. The molecule has 4 heteroatoms. The molecule has 0 aliphatic carbocycles. The molecule has 26 heavy (non-hydrogen) atoms. The van der Waals surface area contributed by atoms with Gasteiger partial charge in [0.05, 0.1) is 11.1 Å². The molecule has 130 valence electrons. The van der Waals surface area contributed by atoms with Crippen molar-refractivity contribution in [3.63, 3.8) is 0 Å². The van der Waals surface area contributed by atoms with E-state index < -0.39 is 0 Å². The lowest BCUT2D eigenvalue weighted by molar-refractivity contribution is 0.0956. The minimum atomic E-state index is -0.0157. The Morgan fingerprint density at radius 2 is 1.77 bits per heavy atom. The van der Waals surface area contributed by atoms with Crippen molar-refractivity contribution in [1.29, 1.82) is 0 Å². The maximum absolute atomic E-state index is 12.4. The third-order valence-electron chi connectivity index (χ3n) is 4.39. The fourth-order valence-corrected chi connectivity index (χ4v) is 3.89. The summed E-state index contributed by atoms with van der Waals surface area (Å²) in [6.45, 7) is 0.670. The first-order chi connectivity index (χ1) is 12.8. The van der Waals surface area contributed by atoms with E-state index in [1.54, 1.807) is 0 Å². The highest BCUT2D eigenvalue weighted by atomic mass is 32.2. The van der Waals surface area contributed by atoms with E-state index >= 15 is 0 Å². The van der Waals surface area contributed by atoms with E-state index in [0.717, 1.165) is 22.5 Å². The molecular formula is C22H20N2OS. The smallest absolute Gasteiger partial charge is 0.252 e. The van der Waals surface area contributed by atoms with Crippen molar-refractivity contribution in [1.82, 2.24) is 9.72 Å². The van der Waals surface area contributed by atoms with Gasteiger partial charge in [-0.25, -0.2) is 0 Å². The molecule has 4 aromatic rings. The highest BCUT2D eigenvalue weighted by molar-refractivity contribution is 7.98. The first-order valence-corrected chi connectivity index (χ1v) is 9.86. The monoisotopic (exact) mass is 360 g/mol. The largest absolute Gasteiger partial charge is 0.351 e. The van der Waals surface area contributed by atoms with Gasteiger partial charge in [-0.1, -0.05) is 54.6 Å². The van der Waals surface area contributed by atoms with Crippen LogP contribution in [0.15, 0.2) is 79.0 Å². The van der Waals surface area contributed by atoms with Gasteiger partial charge in [-0.15, -0.1) is 0 Å². The molecule has 0 aliphatic rings. The normalized spacial score (nSPS) is 11.1. The van der Waals surface area contributed by atoms with E-state index in [1.807, 2.05) is 42.2 Å². The van der Waals surface area contributed by atoms with E-state index in [2.05, 4.69) is 58.2 Å². The molecule has 0 atom stereocenters. The van der Waals surface area contributed by atoms with E-state index in [0.29, 0.717) is 12.1 Å². The first-order valence-electron chi connectivity index (χ1n) is 8.71. The van der Waals surface area contributed by atoms with Gasteiger partial charge in [-0.2, -0.15) is 11.8 Å². The van der Waals surface area contributed by atoms with Crippen LogP contribution in [0.1, 0.15) is 15.9 Å². The lowest BCUT2D eigenvalue weighted by Crippen LogP contribution is -2.25. The minimum absolute atomic E-state index is 0.0157. The van der Waals surface area contributed by atoms with Crippen LogP contribution in [-0.4, -0.2) is 22.6 Å². The molecule has 0 spiro atoms. The van der Waals surface area contributed by atoms with Crippen LogP contribution in [0.25, 0.3) is 16.4 Å². The maximum Gasteiger partial charge on any atom is 0.252 e. The maximum atomic E-state index is 12.4. The van der Waals surface area contributed by atoms with Gasteiger partial charge in [0.25, 0.3) is 5.91 Å². The van der Waals surface area contributed by atoms with Gasteiger partial charge in [0.15, 0.2) is 0 Å². The van der Waals surface area contributed by atoms with Crippen LogP contribution in [0, 0.1) is 0 Å². The summed E-state index contributed by atoms with van der Waals surface area (Å²) < 4.78 is 2.08. The van der Waals surface area contributed by atoms with Crippen LogP contribution >= 0.6 is 11.8 Å². The highest BCUT2D eigenvalue weighted by Crippen LogP contribution is 2.19. The SMILES string of the molecule is O=C(NCCSCc1ccccc1)c1cc2ccc3ccccc3n2c1. The predicted molar refractivity (Wildman–Crippen MR) is 110 cm³/mol. The molecule has 0 radical (unpaired) electrons. The third-order valence-corrected chi connectivity index (χ3v) is 5.42. The summed E-state index contributed by atoms with van der Waals surface area (Å²) >= 11 is 1.83. The molecule has 4 rings (SSSR count). The molecule has 0 saturated heterocycles. The third kappa shape index (κ3) is 3.60. The number of fused-ring (bicyclic) bond motifs is 3. The van der Waals surface area contributed by atoms with Crippen molar-refractivity contribution in [2.45, 2.75) is 5.75 Å². The molecule has 0 bridgehead atoms. The Bertz CT molecular complexity index is 1040. The zero-order valence-electron chi connectivity index (χ0n) is 14.4. The quantitative estimate of drug-likeness (QED) is 0.503. The second-order valence-corrected chi connectivity index (χ2v) is 7.32. The number of pyridine rings is 1. The average molecular weight is 360 g/mol. The molecule has 1 N–H and O–H groups in total. The zero-order valence-corrected chi connectivity index (χ0v) is 15.2. The summed E-state index contributed by atoms with van der Waals surface area (Å²) in [5.41, 5.74) is 4.17. The van der Waals surface area contributed by atoms with Crippen LogP contribution in [0.3, 0.4) is 0 Å². The number of hydrogen-bond donors (Lipinski definition) is 1. The topological polar surface area (TPSA) is 33.5 Å². The van der Waals surface area contributed by atoms with Gasteiger partial charge in [0, 0.05) is 29.8 Å². The number of amides is 1. The van der Waals surface area contributed by atoms with Crippen LogP contribution in [0.4, 0.5) is 0 Å². The Labute approximate surface area is 157 Å². The molecule has 0 aliphatic heterocycles. The van der Waals surface area contributed by atoms with Crippen LogP contribution < -0.4 is 5.32 Å². The van der Waals surface area contributed by atoms with Crippen LogP contribution in [0.5, 0.6) is 0 Å². The van der Waals surface area contributed by atoms with Gasteiger partial charge in [0.1, 0.15) is 0 Å². The van der Waals surface area contributed by atoms with Crippen molar-refractivity contribution >= 4 is 34.1 Å². The summed E-state index contributed by atoms with van der Waals surface area (Å²) in [4.78, 5) is 12.4. The summed E-state index contributed by atoms with van der Waals surface area (Å²) in [5.74, 6) is 1.86. The Hall–Kier alpha value is -2.72. The summed E-state index contributed by atoms with van der Waals surface area (Å²) in [6, 6.07) is 24.7. The molecule has 1 amide bonds. The van der Waals surface area contributed by atoms with E-state index in [-0.39, 0.29) is 5.91 Å². The second kappa shape index (κ2) is 7.67. The number of carbonyl (C=O) groups excluding carboxylic acids is 1. The van der Waals surface area contributed by atoms with Crippen molar-refractivity contribution < 1.29 is 4.79 Å². The molecule has 2 heterocycles. The highest BCUT2D eigenvalue weighted by Gasteiger charge is 2.09. The Kier molecular flexibility index (Phi) is 4.93. The van der Waals surface area contributed by atoms with E-state index in [1.165, 1.54) is 10.9 Å². The second-order valence-electron chi connectivity index (χ2n) is 6.21. The van der Waals surface area contributed by atoms with Crippen molar-refractivity contribution in [2.24, 2.45) is 0 Å². The minimum Gasteiger partial charge on any atom is -0.351 e. The molecular weight excluding hydrogens is 340 g/mol. The summed E-state index contributed by atoms with van der Waals surface area (Å²) in [5, 5.41) is 4.19. The van der Waals surface area contributed by atoms with Crippen molar-refractivity contribution in [2.75, 3.05) is 12.3 Å². The predicted octanol–water partition coefficient (Wildman–Crippen LogP) is 4.76. The number of rotatable bonds is 6. The van der Waals surface area contributed by atoms with Crippen molar-refractivity contribution in [3.8, 4) is 0 Å². The lowest BCUT2D eigenvalue weighted by atomic mass is 10.2. The number of nitrogens with one attached hydrogen (secondary N) is 1. The number of aromatic nitrogens is 1. The average Bonchev–Trinajstić information content (AvgIpc) is 3.13. The Morgan fingerprint density at radius 1 is 0.962 bits per heavy atom. The molecule has 0 unspecified atom stereocenters. The molecule has 2 aromatic heterocycles. The molecule has 2 aromatic carbocycles. The fourth-order valence-electron chi connectivity index (χ4n) is 3.07. The number of nitrogens with zero attached hydrogens (tertiary/aromatic N) is 1. The number of thioether (sulfide) groups is 1. The van der Waals surface area contributed by atoms with Gasteiger partial charge in [-0.05, 0) is 29.1 Å². The first kappa shape index (κ1) is 16.7. The number of carbonyl (C=O) groups is 1. The molecule has 0 saturated carbocycles. The van der Waals surface area contributed by atoms with E-state index in [4.69, 9.17) is 0 Å². The standard InChI is InChI=1S/C22H20N2OS/c25-22(23-12-13-26-16-17-6-2-1-3-7-17)19-14-20-11-10-18-8-4-5-9-21(18)24(20)15-19/h1-11,14-15H,12-13,16H2,(H,23,25). The molecule has 0 fully saturated rings. The van der Waals surface area contributed by atoms with Crippen molar-refractivity contribution in [3.05, 3.63) is 90.1 Å². The van der Waals surface area contributed by atoms with Crippen LogP contribution in [0.2, 0.25) is 0 Å². The molecule has 3 nitrogen and oxygen atoms in total. The lowest BCUT2D eigenvalue weighted by Gasteiger charge is -2.04. The number of hydrogen-bond acceptors (Lipinski definition) is 2. The summed E-state index contributed by atoms with van der Waals surface area (Å²) in [6.07, 6.45) is 1.92. The van der Waals surface area contributed by atoms with E-state index in [9.17, 15) is 4.79 Å². The van der Waals surface area contributed by atoms with Gasteiger partial charge >= 0.3 is 0 Å². The van der Waals surface area contributed by atoms with Crippen LogP contribution in [-0.2, 0) is 5.75 Å². The van der Waals surface area contributed by atoms with Gasteiger partial charge in [0.2, 0.25) is 0 Å². The Morgan fingerprint density at radius 3 is 2.65 bits per heavy atom. The zero-order chi connectivity index (χ0) is 17.8. The number of benzene rings is 2. The fraction of sp³-hybridized carbons (Fsp3) is 0.136.